The van der Waals surface area contributed by atoms with Crippen LogP contribution in [0.2, 0.25) is 0 Å². The lowest BCUT2D eigenvalue weighted by molar-refractivity contribution is -0.384. The van der Waals surface area contributed by atoms with Gasteiger partial charge in [0, 0.05) is 38.1 Å². The second kappa shape index (κ2) is 12.2. The zero-order valence-electron chi connectivity index (χ0n) is 21.7. The molecule has 3 N–H and O–H groups in total. The van der Waals surface area contributed by atoms with Gasteiger partial charge in [0.1, 0.15) is 5.60 Å². The second-order valence-electron chi connectivity index (χ2n) is 9.67. The fourth-order valence-corrected chi connectivity index (χ4v) is 3.71. The summed E-state index contributed by atoms with van der Waals surface area (Å²) in [6.07, 6.45) is -0.532. The van der Waals surface area contributed by atoms with Crippen LogP contribution in [-0.4, -0.2) is 58.2 Å². The molecule has 0 aliphatic carbocycles. The van der Waals surface area contributed by atoms with E-state index in [9.17, 15) is 34.1 Å². The number of carbonyl (C=O) groups excluding carboxylic acids is 5. The molecule has 39 heavy (non-hydrogen) atoms. The Morgan fingerprint density at radius 3 is 2.10 bits per heavy atom. The van der Waals surface area contributed by atoms with E-state index in [2.05, 4.69) is 16.0 Å². The molecule has 5 amide bonds. The lowest BCUT2D eigenvalue weighted by Gasteiger charge is -2.19. The van der Waals surface area contributed by atoms with Gasteiger partial charge in [-0.15, -0.1) is 0 Å². The predicted octanol–water partition coefficient (Wildman–Crippen LogP) is 3.46. The summed E-state index contributed by atoms with van der Waals surface area (Å²) in [5, 5.41) is 18.8. The largest absolute Gasteiger partial charge is 0.444 e. The number of non-ortho nitro benzene ring substituents is 1. The zero-order valence-corrected chi connectivity index (χ0v) is 21.7. The van der Waals surface area contributed by atoms with Crippen LogP contribution >= 0.6 is 0 Å². The first-order valence-corrected chi connectivity index (χ1v) is 12.2. The molecular formula is C26H29N5O8. The minimum Gasteiger partial charge on any atom is -0.444 e. The van der Waals surface area contributed by atoms with Crippen molar-refractivity contribution in [3.8, 4) is 0 Å². The van der Waals surface area contributed by atoms with Crippen LogP contribution in [0.25, 0.3) is 0 Å². The Labute approximate surface area is 224 Å². The number of amides is 5. The van der Waals surface area contributed by atoms with Crippen molar-refractivity contribution in [2.24, 2.45) is 0 Å². The van der Waals surface area contributed by atoms with E-state index >= 15 is 0 Å². The molecule has 2 aromatic rings. The summed E-state index contributed by atoms with van der Waals surface area (Å²) in [4.78, 5) is 73.0. The average Bonchev–Trinajstić information content (AvgIpc) is 3.08. The van der Waals surface area contributed by atoms with Crippen molar-refractivity contribution in [2.45, 2.75) is 45.6 Å². The number of nitrogens with one attached hydrogen (secondary N) is 3. The van der Waals surface area contributed by atoms with Gasteiger partial charge in [0.2, 0.25) is 11.8 Å². The van der Waals surface area contributed by atoms with E-state index in [1.165, 1.54) is 6.07 Å². The van der Waals surface area contributed by atoms with Gasteiger partial charge < -0.3 is 20.7 Å². The molecule has 0 saturated heterocycles. The van der Waals surface area contributed by atoms with Gasteiger partial charge in [-0.2, -0.15) is 0 Å². The summed E-state index contributed by atoms with van der Waals surface area (Å²) in [5.41, 5.74) is -0.192. The topological polar surface area (TPSA) is 177 Å². The van der Waals surface area contributed by atoms with Gasteiger partial charge in [-0.05, 0) is 45.4 Å². The third-order valence-corrected chi connectivity index (χ3v) is 5.45. The van der Waals surface area contributed by atoms with E-state index in [1.54, 1.807) is 45.0 Å². The lowest BCUT2D eigenvalue weighted by Crippen LogP contribution is -2.34. The molecule has 3 rings (SSSR count). The first kappa shape index (κ1) is 28.8. The monoisotopic (exact) mass is 539 g/mol. The average molecular weight is 540 g/mol. The van der Waals surface area contributed by atoms with Gasteiger partial charge in [0.25, 0.3) is 17.5 Å². The van der Waals surface area contributed by atoms with Gasteiger partial charge >= 0.3 is 6.09 Å². The number of hydrogen-bond acceptors (Lipinski definition) is 8. The quantitative estimate of drug-likeness (QED) is 0.233. The van der Waals surface area contributed by atoms with Gasteiger partial charge in [0.05, 0.1) is 27.4 Å². The number of nitro benzene ring substituents is 1. The molecule has 1 aliphatic heterocycles. The molecule has 0 atom stereocenters. The van der Waals surface area contributed by atoms with Crippen molar-refractivity contribution in [1.29, 1.82) is 0 Å². The highest BCUT2D eigenvalue weighted by Gasteiger charge is 2.36. The fourth-order valence-electron chi connectivity index (χ4n) is 3.71. The van der Waals surface area contributed by atoms with Crippen LogP contribution in [0, 0.1) is 10.1 Å². The number of alkyl carbamates (subject to hydrolysis) is 1. The second-order valence-corrected chi connectivity index (χ2v) is 9.67. The Morgan fingerprint density at radius 1 is 0.923 bits per heavy atom. The predicted molar refractivity (Wildman–Crippen MR) is 140 cm³/mol. The summed E-state index contributed by atoms with van der Waals surface area (Å²) in [5.74, 6) is -2.01. The number of fused-ring (bicyclic) bond motifs is 1. The molecule has 2 aromatic carbocycles. The fraction of sp³-hybridized carbons (Fsp3) is 0.346. The maximum absolute atomic E-state index is 12.6. The zero-order chi connectivity index (χ0) is 28.7. The maximum atomic E-state index is 12.6. The van der Waals surface area contributed by atoms with Crippen LogP contribution in [0.3, 0.4) is 0 Å². The Hall–Kier alpha value is -4.81. The number of nitrogens with zero attached hydrogens (tertiary/aromatic N) is 2. The minimum atomic E-state index is -0.656. The van der Waals surface area contributed by atoms with E-state index in [-0.39, 0.29) is 49.2 Å². The summed E-state index contributed by atoms with van der Waals surface area (Å²) >= 11 is 0. The van der Waals surface area contributed by atoms with Crippen LogP contribution < -0.4 is 16.0 Å². The molecular weight excluding hydrogens is 510 g/mol. The van der Waals surface area contributed by atoms with Crippen molar-refractivity contribution >= 4 is 46.8 Å². The van der Waals surface area contributed by atoms with Crippen LogP contribution in [0.1, 0.15) is 60.7 Å². The van der Waals surface area contributed by atoms with Crippen LogP contribution in [0.15, 0.2) is 42.5 Å². The number of anilines is 2. The number of rotatable bonds is 10. The van der Waals surface area contributed by atoms with E-state index < -0.39 is 40.2 Å². The third-order valence-electron chi connectivity index (χ3n) is 5.45. The van der Waals surface area contributed by atoms with Crippen LogP contribution in [-0.2, 0) is 14.3 Å². The van der Waals surface area contributed by atoms with Gasteiger partial charge in [-0.3, -0.25) is 34.2 Å². The number of nitro groups is 1. The Morgan fingerprint density at radius 2 is 1.51 bits per heavy atom. The number of hydrogen-bond donors (Lipinski definition) is 3. The van der Waals surface area contributed by atoms with Crippen molar-refractivity contribution in [3.05, 3.63) is 63.7 Å². The van der Waals surface area contributed by atoms with Crippen molar-refractivity contribution in [3.63, 3.8) is 0 Å². The van der Waals surface area contributed by atoms with Crippen molar-refractivity contribution in [2.75, 3.05) is 23.7 Å². The van der Waals surface area contributed by atoms with Crippen molar-refractivity contribution in [1.82, 2.24) is 10.2 Å². The van der Waals surface area contributed by atoms with E-state index in [0.717, 1.165) is 17.0 Å². The van der Waals surface area contributed by atoms with E-state index in [0.29, 0.717) is 11.4 Å². The molecule has 0 spiro atoms. The Bertz CT molecular complexity index is 1320. The molecule has 0 fully saturated rings. The van der Waals surface area contributed by atoms with E-state index in [4.69, 9.17) is 4.74 Å². The van der Waals surface area contributed by atoms with E-state index in [1.807, 2.05) is 0 Å². The number of benzene rings is 2. The minimum absolute atomic E-state index is 0.0229. The normalized spacial score (nSPS) is 12.5. The number of ether oxygens (including phenoxy) is 1. The summed E-state index contributed by atoms with van der Waals surface area (Å²) < 4.78 is 5.11. The number of para-hydroxylation sites is 2. The van der Waals surface area contributed by atoms with Crippen LogP contribution in [0.5, 0.6) is 0 Å². The third kappa shape index (κ3) is 7.84. The van der Waals surface area contributed by atoms with Gasteiger partial charge in [-0.25, -0.2) is 4.79 Å². The maximum Gasteiger partial charge on any atom is 0.407 e. The first-order valence-electron chi connectivity index (χ1n) is 12.2. The van der Waals surface area contributed by atoms with Gasteiger partial charge in [-0.1, -0.05) is 12.1 Å². The molecule has 13 heteroatoms. The Kier molecular flexibility index (Phi) is 8.96. The first-order chi connectivity index (χ1) is 18.4. The summed E-state index contributed by atoms with van der Waals surface area (Å²) in [6.45, 7) is 5.19. The molecule has 0 unspecified atom stereocenters. The number of imide groups is 1. The summed E-state index contributed by atoms with van der Waals surface area (Å²) in [6, 6.07) is 10.0. The highest BCUT2D eigenvalue weighted by molar-refractivity contribution is 6.21. The van der Waals surface area contributed by atoms with Gasteiger partial charge in [0.15, 0.2) is 0 Å². The van der Waals surface area contributed by atoms with Crippen LogP contribution in [0.4, 0.5) is 21.9 Å². The highest BCUT2D eigenvalue weighted by atomic mass is 16.6. The highest BCUT2D eigenvalue weighted by Crippen LogP contribution is 2.27. The molecule has 0 radical (unpaired) electrons. The number of carbonyl (C=O) groups is 5. The van der Waals surface area contributed by atoms with Crippen molar-refractivity contribution < 1.29 is 33.6 Å². The SMILES string of the molecule is CC(C)(C)OC(=O)NCCC(=O)Nc1ccccc1NC(=O)CCCN1C(=O)c2ccc([N+](=O)[O-])cc2C1=O. The Balaban J connectivity index is 1.48. The molecule has 206 valence electrons. The molecule has 1 aliphatic rings. The standard InChI is InChI=1S/C26H29N5O8/c1-26(2,3)39-25(36)27-13-12-22(33)29-20-8-5-4-7-19(20)28-21(32)9-6-14-30-23(34)17-11-10-16(31(37)38)15-18(17)24(30)35/h4-5,7-8,10-11,15H,6,9,12-14H2,1-3H3,(H,27,36)(H,28,32)(H,29,33). The molecule has 13 nitrogen and oxygen atoms in total. The molecule has 0 saturated carbocycles. The summed E-state index contributed by atoms with van der Waals surface area (Å²) in [7, 11) is 0. The molecule has 1 heterocycles. The smallest absolute Gasteiger partial charge is 0.407 e. The molecule has 0 bridgehead atoms. The molecule has 0 aromatic heterocycles. The lowest BCUT2D eigenvalue weighted by atomic mass is 10.1.